The van der Waals surface area contributed by atoms with E-state index < -0.39 is 5.97 Å². The highest BCUT2D eigenvalue weighted by atomic mass is 79.9. The van der Waals surface area contributed by atoms with Crippen LogP contribution in [0, 0.1) is 12.7 Å². The minimum atomic E-state index is -0.848. The molecule has 1 N–H and O–H groups in total. The van der Waals surface area contributed by atoms with Crippen LogP contribution in [-0.2, 0) is 11.2 Å². The number of carboxylic acid groups (broad SMARTS) is 1. The third-order valence-corrected chi connectivity index (χ3v) is 3.30. The Kier molecular flexibility index (Phi) is 4.27. The fourth-order valence-corrected chi connectivity index (χ4v) is 1.88. The predicted octanol–water partition coefficient (Wildman–Crippen LogP) is 3.30. The van der Waals surface area contributed by atoms with Gasteiger partial charge in [0.05, 0.1) is 0 Å². The first-order valence-corrected chi connectivity index (χ1v) is 5.47. The van der Waals surface area contributed by atoms with E-state index in [1.807, 2.05) is 6.92 Å². The van der Waals surface area contributed by atoms with E-state index in [1.165, 1.54) is 6.07 Å². The number of carbonyl (C=O) groups is 1. The molecule has 0 aliphatic heterocycles. The van der Waals surface area contributed by atoms with Crippen LogP contribution in [0.1, 0.15) is 24.0 Å². The number of hydrogen-bond donors (Lipinski definition) is 1. The van der Waals surface area contributed by atoms with Gasteiger partial charge in [0.1, 0.15) is 5.82 Å². The van der Waals surface area contributed by atoms with Crippen molar-refractivity contribution in [2.75, 3.05) is 0 Å². The molecule has 0 aromatic heterocycles. The van der Waals surface area contributed by atoms with Gasteiger partial charge in [0.2, 0.25) is 0 Å². The van der Waals surface area contributed by atoms with Gasteiger partial charge in [0.25, 0.3) is 0 Å². The summed E-state index contributed by atoms with van der Waals surface area (Å²) in [5, 5.41) is 8.48. The zero-order valence-electron chi connectivity index (χ0n) is 8.39. The van der Waals surface area contributed by atoms with E-state index in [2.05, 4.69) is 15.9 Å². The molecule has 0 radical (unpaired) electrons. The van der Waals surface area contributed by atoms with Gasteiger partial charge in [-0.3, -0.25) is 4.79 Å². The van der Waals surface area contributed by atoms with Crippen molar-refractivity contribution >= 4 is 21.9 Å². The number of benzene rings is 1. The van der Waals surface area contributed by atoms with Gasteiger partial charge in [0.15, 0.2) is 0 Å². The molecule has 1 rings (SSSR count). The van der Waals surface area contributed by atoms with Crippen molar-refractivity contribution in [1.29, 1.82) is 0 Å². The second-order valence-corrected chi connectivity index (χ2v) is 4.20. The van der Waals surface area contributed by atoms with Gasteiger partial charge in [-0.2, -0.15) is 0 Å². The first-order valence-electron chi connectivity index (χ1n) is 4.67. The molecular formula is C11H12BrFO2. The standard InChI is InChI=1S/C11H12BrFO2/c1-7-5-6-9(13)8(11(7)12)3-2-4-10(14)15/h5-6H,2-4H2,1H3,(H,14,15). The van der Waals surface area contributed by atoms with Crippen molar-refractivity contribution in [3.63, 3.8) is 0 Å². The lowest BCUT2D eigenvalue weighted by atomic mass is 10.1. The lowest BCUT2D eigenvalue weighted by molar-refractivity contribution is -0.137. The van der Waals surface area contributed by atoms with Crippen molar-refractivity contribution in [3.8, 4) is 0 Å². The summed E-state index contributed by atoms with van der Waals surface area (Å²) < 4.78 is 14.1. The molecule has 0 aliphatic carbocycles. The summed E-state index contributed by atoms with van der Waals surface area (Å²) in [7, 11) is 0. The Labute approximate surface area is 96.2 Å². The largest absolute Gasteiger partial charge is 0.481 e. The van der Waals surface area contributed by atoms with Crippen LogP contribution in [0.2, 0.25) is 0 Å². The van der Waals surface area contributed by atoms with E-state index in [-0.39, 0.29) is 12.2 Å². The summed E-state index contributed by atoms with van der Waals surface area (Å²) in [5.74, 6) is -1.13. The second-order valence-electron chi connectivity index (χ2n) is 3.40. The highest BCUT2D eigenvalue weighted by molar-refractivity contribution is 9.10. The molecule has 0 amide bonds. The molecule has 0 unspecified atom stereocenters. The van der Waals surface area contributed by atoms with Gasteiger partial charge in [-0.1, -0.05) is 22.0 Å². The molecule has 15 heavy (non-hydrogen) atoms. The summed E-state index contributed by atoms with van der Waals surface area (Å²) in [5.41, 5.74) is 1.53. The quantitative estimate of drug-likeness (QED) is 0.915. The first kappa shape index (κ1) is 12.2. The summed E-state index contributed by atoms with van der Waals surface area (Å²) >= 11 is 3.31. The molecule has 0 saturated heterocycles. The fourth-order valence-electron chi connectivity index (χ4n) is 1.36. The number of rotatable bonds is 4. The minimum Gasteiger partial charge on any atom is -0.481 e. The molecule has 0 atom stereocenters. The van der Waals surface area contributed by atoms with Crippen LogP contribution in [0.4, 0.5) is 4.39 Å². The average Bonchev–Trinajstić information content (AvgIpc) is 2.17. The monoisotopic (exact) mass is 274 g/mol. The molecule has 0 aliphatic rings. The number of halogens is 2. The molecule has 82 valence electrons. The van der Waals surface area contributed by atoms with Gasteiger partial charge < -0.3 is 5.11 Å². The lowest BCUT2D eigenvalue weighted by Crippen LogP contribution is -1.99. The van der Waals surface area contributed by atoms with Crippen molar-refractivity contribution < 1.29 is 14.3 Å². The molecule has 0 saturated carbocycles. The van der Waals surface area contributed by atoms with Gasteiger partial charge in [-0.05, 0) is 31.4 Å². The van der Waals surface area contributed by atoms with E-state index >= 15 is 0 Å². The first-order chi connectivity index (χ1) is 7.02. The summed E-state index contributed by atoms with van der Waals surface area (Å²) in [4.78, 5) is 10.3. The summed E-state index contributed by atoms with van der Waals surface area (Å²) in [6.45, 7) is 1.88. The maximum Gasteiger partial charge on any atom is 0.303 e. The molecule has 1 aromatic carbocycles. The number of carboxylic acids is 1. The van der Waals surface area contributed by atoms with Crippen LogP contribution in [0.25, 0.3) is 0 Å². The summed E-state index contributed by atoms with van der Waals surface area (Å²) in [6.07, 6.45) is 0.967. The zero-order chi connectivity index (χ0) is 11.4. The van der Waals surface area contributed by atoms with Crippen molar-refractivity contribution in [2.24, 2.45) is 0 Å². The Hall–Kier alpha value is -0.900. The Morgan fingerprint density at radius 3 is 2.80 bits per heavy atom. The smallest absolute Gasteiger partial charge is 0.303 e. The van der Waals surface area contributed by atoms with E-state index in [1.54, 1.807) is 6.07 Å². The highest BCUT2D eigenvalue weighted by Gasteiger charge is 2.09. The van der Waals surface area contributed by atoms with Crippen LogP contribution < -0.4 is 0 Å². The van der Waals surface area contributed by atoms with E-state index in [4.69, 9.17) is 5.11 Å². The molecule has 1 aromatic rings. The molecule has 0 fully saturated rings. The number of aliphatic carboxylic acids is 1. The van der Waals surface area contributed by atoms with E-state index in [9.17, 15) is 9.18 Å². The number of aryl methyl sites for hydroxylation is 1. The van der Waals surface area contributed by atoms with Crippen LogP contribution in [-0.4, -0.2) is 11.1 Å². The molecular weight excluding hydrogens is 263 g/mol. The molecule has 0 spiro atoms. The van der Waals surface area contributed by atoms with E-state index in [0.29, 0.717) is 18.4 Å². The third-order valence-electron chi connectivity index (χ3n) is 2.20. The Balaban J connectivity index is 2.75. The molecule has 2 nitrogen and oxygen atoms in total. The SMILES string of the molecule is Cc1ccc(F)c(CCCC(=O)O)c1Br. The highest BCUT2D eigenvalue weighted by Crippen LogP contribution is 2.25. The molecule has 0 bridgehead atoms. The van der Waals surface area contributed by atoms with E-state index in [0.717, 1.165) is 10.0 Å². The fraction of sp³-hybridized carbons (Fsp3) is 0.364. The van der Waals surface area contributed by atoms with Crippen LogP contribution >= 0.6 is 15.9 Å². The Bertz CT molecular complexity index is 377. The lowest BCUT2D eigenvalue weighted by Gasteiger charge is -2.07. The van der Waals surface area contributed by atoms with Crippen LogP contribution in [0.3, 0.4) is 0 Å². The zero-order valence-corrected chi connectivity index (χ0v) is 9.97. The second kappa shape index (κ2) is 5.26. The minimum absolute atomic E-state index is 0.0693. The van der Waals surface area contributed by atoms with Gasteiger partial charge >= 0.3 is 5.97 Å². The van der Waals surface area contributed by atoms with Gasteiger partial charge in [0, 0.05) is 16.5 Å². The van der Waals surface area contributed by atoms with Gasteiger partial charge in [-0.25, -0.2) is 4.39 Å². The van der Waals surface area contributed by atoms with Crippen molar-refractivity contribution in [3.05, 3.63) is 33.5 Å². The topological polar surface area (TPSA) is 37.3 Å². The van der Waals surface area contributed by atoms with Crippen LogP contribution in [0.5, 0.6) is 0 Å². The third kappa shape index (κ3) is 3.30. The molecule has 4 heteroatoms. The maximum absolute atomic E-state index is 13.4. The Morgan fingerprint density at radius 1 is 1.53 bits per heavy atom. The molecule has 0 heterocycles. The maximum atomic E-state index is 13.4. The Morgan fingerprint density at radius 2 is 2.20 bits per heavy atom. The van der Waals surface area contributed by atoms with Crippen LogP contribution in [0.15, 0.2) is 16.6 Å². The average molecular weight is 275 g/mol. The summed E-state index contributed by atoms with van der Waals surface area (Å²) in [6, 6.07) is 3.11. The van der Waals surface area contributed by atoms with Gasteiger partial charge in [-0.15, -0.1) is 0 Å². The predicted molar refractivity (Wildman–Crippen MR) is 59.4 cm³/mol. The number of hydrogen-bond acceptors (Lipinski definition) is 1. The van der Waals surface area contributed by atoms with Crippen molar-refractivity contribution in [2.45, 2.75) is 26.2 Å². The van der Waals surface area contributed by atoms with Crippen molar-refractivity contribution in [1.82, 2.24) is 0 Å². The normalized spacial score (nSPS) is 10.3.